The van der Waals surface area contributed by atoms with Crippen molar-refractivity contribution in [3.8, 4) is 5.75 Å². The number of aryl methyl sites for hydroxylation is 2. The summed E-state index contributed by atoms with van der Waals surface area (Å²) in [7, 11) is 1.73. The van der Waals surface area contributed by atoms with Crippen LogP contribution in [-0.2, 0) is 0 Å². The van der Waals surface area contributed by atoms with E-state index in [1.54, 1.807) is 7.11 Å². The number of rotatable bonds is 7. The number of pyridine rings is 1. The van der Waals surface area contributed by atoms with Crippen molar-refractivity contribution < 1.29 is 4.74 Å². The first-order chi connectivity index (χ1) is 14.1. The zero-order chi connectivity index (χ0) is 20.5. The second-order valence-electron chi connectivity index (χ2n) is 8.69. The third kappa shape index (κ3) is 3.58. The van der Waals surface area contributed by atoms with E-state index in [2.05, 4.69) is 61.8 Å². The topological polar surface area (TPSA) is 28.6 Å². The number of aromatic nitrogens is 1. The minimum absolute atomic E-state index is 0.578. The van der Waals surface area contributed by atoms with Gasteiger partial charge < -0.3 is 14.5 Å². The number of anilines is 3. The van der Waals surface area contributed by atoms with Crippen molar-refractivity contribution in [1.29, 1.82) is 0 Å². The summed E-state index contributed by atoms with van der Waals surface area (Å²) in [4.78, 5) is 10.2. The molecule has 1 atom stereocenters. The Bertz CT molecular complexity index is 873. The molecular formula is C25H35N3O. The van der Waals surface area contributed by atoms with Crippen molar-refractivity contribution >= 4 is 17.2 Å². The van der Waals surface area contributed by atoms with Gasteiger partial charge in [-0.2, -0.15) is 0 Å². The van der Waals surface area contributed by atoms with Crippen molar-refractivity contribution in [3.05, 3.63) is 41.1 Å². The normalized spacial score (nSPS) is 17.8. The fourth-order valence-electron chi connectivity index (χ4n) is 5.31. The van der Waals surface area contributed by atoms with Crippen LogP contribution in [-0.4, -0.2) is 31.2 Å². The van der Waals surface area contributed by atoms with E-state index in [0.717, 1.165) is 18.0 Å². The van der Waals surface area contributed by atoms with Gasteiger partial charge in [0.15, 0.2) is 0 Å². The first-order valence-electron chi connectivity index (χ1n) is 11.3. The second-order valence-corrected chi connectivity index (χ2v) is 8.69. The van der Waals surface area contributed by atoms with Gasteiger partial charge in [0.2, 0.25) is 0 Å². The smallest absolute Gasteiger partial charge is 0.138 e. The highest BCUT2D eigenvalue weighted by Gasteiger charge is 2.39. The van der Waals surface area contributed by atoms with Crippen LogP contribution >= 0.6 is 0 Å². The summed E-state index contributed by atoms with van der Waals surface area (Å²) in [6.07, 6.45) is 6.26. The molecule has 0 amide bonds. The summed E-state index contributed by atoms with van der Waals surface area (Å²) < 4.78 is 5.42. The number of hydrogen-bond acceptors (Lipinski definition) is 4. The van der Waals surface area contributed by atoms with E-state index in [1.807, 2.05) is 0 Å². The first-order valence-corrected chi connectivity index (χ1v) is 11.3. The molecule has 0 radical (unpaired) electrons. The van der Waals surface area contributed by atoms with E-state index >= 15 is 0 Å². The Hall–Kier alpha value is -2.23. The molecule has 156 valence electrons. The Kier molecular flexibility index (Phi) is 5.71. The van der Waals surface area contributed by atoms with E-state index in [9.17, 15) is 0 Å². The summed E-state index contributed by atoms with van der Waals surface area (Å²) in [5.41, 5.74) is 6.55. The molecule has 0 N–H and O–H groups in total. The van der Waals surface area contributed by atoms with Gasteiger partial charge in [-0.1, -0.05) is 26.7 Å². The maximum Gasteiger partial charge on any atom is 0.138 e. The molecule has 2 aliphatic rings. The van der Waals surface area contributed by atoms with Crippen molar-refractivity contribution in [1.82, 2.24) is 4.98 Å². The van der Waals surface area contributed by atoms with Gasteiger partial charge in [0.25, 0.3) is 0 Å². The predicted octanol–water partition coefficient (Wildman–Crippen LogP) is 6.12. The van der Waals surface area contributed by atoms with E-state index in [-0.39, 0.29) is 0 Å². The van der Waals surface area contributed by atoms with Crippen LogP contribution in [0.15, 0.2) is 24.3 Å². The fourth-order valence-corrected chi connectivity index (χ4v) is 5.31. The third-order valence-corrected chi connectivity index (χ3v) is 6.62. The van der Waals surface area contributed by atoms with Crippen LogP contribution in [0.5, 0.6) is 5.75 Å². The second kappa shape index (κ2) is 8.25. The molecule has 4 heteroatoms. The Labute approximate surface area is 175 Å². The van der Waals surface area contributed by atoms with Gasteiger partial charge in [-0.25, -0.2) is 4.98 Å². The van der Waals surface area contributed by atoms with Gasteiger partial charge >= 0.3 is 0 Å². The lowest BCUT2D eigenvalue weighted by molar-refractivity contribution is 0.414. The number of ether oxygens (including phenoxy) is 1. The SMILES string of the molecule is CCCC(CCC)N1CCC2CN(c3ccc(OC)cc3C)c3nc(C)cc1c32. The number of benzene rings is 1. The van der Waals surface area contributed by atoms with Gasteiger partial charge in [0.05, 0.1) is 7.11 Å². The molecule has 1 aromatic heterocycles. The van der Waals surface area contributed by atoms with Crippen LogP contribution in [0.4, 0.5) is 17.2 Å². The molecule has 0 bridgehead atoms. The third-order valence-electron chi connectivity index (χ3n) is 6.62. The van der Waals surface area contributed by atoms with Crippen LogP contribution in [0.3, 0.4) is 0 Å². The van der Waals surface area contributed by atoms with Crippen molar-refractivity contribution in [2.45, 2.75) is 71.8 Å². The summed E-state index contributed by atoms with van der Waals surface area (Å²) >= 11 is 0. The fraction of sp³-hybridized carbons (Fsp3) is 0.560. The highest BCUT2D eigenvalue weighted by atomic mass is 16.5. The Balaban J connectivity index is 1.77. The lowest BCUT2D eigenvalue weighted by atomic mass is 9.90. The molecule has 0 spiro atoms. The highest BCUT2D eigenvalue weighted by molar-refractivity contribution is 5.78. The minimum Gasteiger partial charge on any atom is -0.497 e. The summed E-state index contributed by atoms with van der Waals surface area (Å²) in [6.45, 7) is 11.1. The summed E-state index contributed by atoms with van der Waals surface area (Å²) in [6, 6.07) is 9.37. The number of hydrogen-bond donors (Lipinski definition) is 0. The summed E-state index contributed by atoms with van der Waals surface area (Å²) in [5, 5.41) is 0. The quantitative estimate of drug-likeness (QED) is 0.566. The molecule has 2 aliphatic heterocycles. The highest BCUT2D eigenvalue weighted by Crippen LogP contribution is 2.50. The maximum atomic E-state index is 5.42. The molecule has 0 aliphatic carbocycles. The van der Waals surface area contributed by atoms with Crippen molar-refractivity contribution in [3.63, 3.8) is 0 Å². The zero-order valence-electron chi connectivity index (χ0n) is 18.7. The molecule has 4 rings (SSSR count). The number of methoxy groups -OCH3 is 1. The minimum atomic E-state index is 0.578. The molecular weight excluding hydrogens is 358 g/mol. The predicted molar refractivity (Wildman–Crippen MR) is 122 cm³/mol. The molecule has 0 saturated carbocycles. The maximum absolute atomic E-state index is 5.42. The van der Waals surface area contributed by atoms with E-state index in [1.165, 1.54) is 67.0 Å². The molecule has 4 nitrogen and oxygen atoms in total. The van der Waals surface area contributed by atoms with Crippen LogP contribution in [0.2, 0.25) is 0 Å². The van der Waals surface area contributed by atoms with Crippen LogP contribution in [0.1, 0.15) is 68.7 Å². The molecule has 0 fully saturated rings. The standard InChI is InChI=1S/C25H35N3O/c1-6-8-20(9-7-2)27-13-12-19-16-28(22-11-10-21(29-5)14-17(22)3)25-24(19)23(27)15-18(4)26-25/h10-11,14-15,19-20H,6-9,12-13,16H2,1-5H3. The van der Waals surface area contributed by atoms with E-state index in [4.69, 9.17) is 9.72 Å². The lowest BCUT2D eigenvalue weighted by Crippen LogP contribution is -2.40. The Morgan fingerprint density at radius 1 is 1.10 bits per heavy atom. The van der Waals surface area contributed by atoms with Gasteiger partial charge in [0, 0.05) is 47.7 Å². The molecule has 2 aromatic rings. The zero-order valence-corrected chi connectivity index (χ0v) is 18.7. The largest absolute Gasteiger partial charge is 0.497 e. The summed E-state index contributed by atoms with van der Waals surface area (Å²) in [5.74, 6) is 2.67. The van der Waals surface area contributed by atoms with Crippen LogP contribution < -0.4 is 14.5 Å². The molecule has 1 aromatic carbocycles. The van der Waals surface area contributed by atoms with Gasteiger partial charge in [0.1, 0.15) is 11.6 Å². The molecule has 1 unspecified atom stereocenters. The van der Waals surface area contributed by atoms with Gasteiger partial charge in [-0.15, -0.1) is 0 Å². The van der Waals surface area contributed by atoms with Crippen LogP contribution in [0, 0.1) is 13.8 Å². The van der Waals surface area contributed by atoms with Crippen molar-refractivity contribution in [2.75, 3.05) is 30.0 Å². The average molecular weight is 394 g/mol. The van der Waals surface area contributed by atoms with E-state index in [0.29, 0.717) is 12.0 Å². The average Bonchev–Trinajstić information content (AvgIpc) is 3.07. The number of nitrogens with zero attached hydrogens (tertiary/aromatic N) is 3. The lowest BCUT2D eigenvalue weighted by Gasteiger charge is -2.39. The van der Waals surface area contributed by atoms with Crippen LogP contribution in [0.25, 0.3) is 0 Å². The molecule has 3 heterocycles. The van der Waals surface area contributed by atoms with Gasteiger partial charge in [-0.3, -0.25) is 0 Å². The molecule has 0 saturated heterocycles. The monoisotopic (exact) mass is 393 g/mol. The van der Waals surface area contributed by atoms with E-state index < -0.39 is 0 Å². The van der Waals surface area contributed by atoms with Crippen molar-refractivity contribution in [2.24, 2.45) is 0 Å². The first kappa shape index (κ1) is 20.1. The molecule has 29 heavy (non-hydrogen) atoms. The Morgan fingerprint density at radius 2 is 1.86 bits per heavy atom. The Morgan fingerprint density at radius 3 is 2.52 bits per heavy atom. The van der Waals surface area contributed by atoms with Gasteiger partial charge in [-0.05, 0) is 62.9 Å².